The molecule has 1 aliphatic heterocycles. The number of aromatic nitrogens is 1. The average molecular weight is 301 g/mol. The van der Waals surface area contributed by atoms with Crippen LogP contribution in [0.3, 0.4) is 0 Å². The molecule has 0 saturated carbocycles. The van der Waals surface area contributed by atoms with Crippen molar-refractivity contribution in [2.24, 2.45) is 0 Å². The number of pyridine rings is 1. The monoisotopic (exact) mass is 301 g/mol. The summed E-state index contributed by atoms with van der Waals surface area (Å²) in [6.07, 6.45) is 0. The Morgan fingerprint density at radius 1 is 1.33 bits per heavy atom. The van der Waals surface area contributed by atoms with Crippen molar-refractivity contribution in [3.05, 3.63) is 41.6 Å². The number of fused-ring (bicyclic) bond motifs is 1. The fourth-order valence-electron chi connectivity index (χ4n) is 3.08. The van der Waals surface area contributed by atoms with Crippen LogP contribution >= 0.6 is 11.8 Å². The maximum atomic E-state index is 4.59. The molecule has 3 nitrogen and oxygen atoms in total. The highest BCUT2D eigenvalue weighted by Crippen LogP contribution is 2.28. The predicted molar refractivity (Wildman–Crippen MR) is 92.0 cm³/mol. The average Bonchev–Trinajstić information content (AvgIpc) is 2.50. The van der Waals surface area contributed by atoms with E-state index in [1.54, 1.807) is 0 Å². The summed E-state index contributed by atoms with van der Waals surface area (Å²) in [6, 6.07) is 11.8. The second-order valence-electron chi connectivity index (χ2n) is 5.79. The molecule has 1 aromatic carbocycles. The molecule has 21 heavy (non-hydrogen) atoms. The maximum absolute atomic E-state index is 4.59. The number of thioether (sulfide) groups is 1. The van der Waals surface area contributed by atoms with Crippen molar-refractivity contribution < 1.29 is 0 Å². The summed E-state index contributed by atoms with van der Waals surface area (Å²) < 4.78 is 0. The molecule has 2 heterocycles. The Morgan fingerprint density at radius 3 is 2.95 bits per heavy atom. The highest BCUT2D eigenvalue weighted by atomic mass is 32.2. The van der Waals surface area contributed by atoms with Crippen LogP contribution in [0.15, 0.2) is 30.3 Å². The topological polar surface area (TPSA) is 28.2 Å². The van der Waals surface area contributed by atoms with Gasteiger partial charge < -0.3 is 5.32 Å². The molecule has 0 amide bonds. The highest BCUT2D eigenvalue weighted by Gasteiger charge is 2.28. The van der Waals surface area contributed by atoms with Gasteiger partial charge in [-0.1, -0.05) is 12.1 Å². The maximum Gasteiger partial charge on any atom is 0.0705 e. The van der Waals surface area contributed by atoms with Crippen LogP contribution in [0.5, 0.6) is 0 Å². The van der Waals surface area contributed by atoms with Gasteiger partial charge in [-0.2, -0.15) is 11.8 Å². The second kappa shape index (κ2) is 6.34. The molecule has 0 radical (unpaired) electrons. The minimum Gasteiger partial charge on any atom is -0.312 e. The van der Waals surface area contributed by atoms with Crippen LogP contribution < -0.4 is 5.32 Å². The van der Waals surface area contributed by atoms with Crippen molar-refractivity contribution in [1.82, 2.24) is 15.2 Å². The molecule has 4 heteroatoms. The van der Waals surface area contributed by atoms with Gasteiger partial charge in [0.2, 0.25) is 0 Å². The van der Waals surface area contributed by atoms with Gasteiger partial charge in [-0.25, -0.2) is 0 Å². The SMILES string of the molecule is CNC(c1ccc2nc(C)ccc2c1)C1CSCCN1C. The highest BCUT2D eigenvalue weighted by molar-refractivity contribution is 7.99. The third kappa shape index (κ3) is 3.07. The van der Waals surface area contributed by atoms with Gasteiger partial charge in [-0.15, -0.1) is 0 Å². The lowest BCUT2D eigenvalue weighted by atomic mass is 9.97. The molecular formula is C17H23N3S. The Morgan fingerprint density at radius 2 is 2.19 bits per heavy atom. The van der Waals surface area contributed by atoms with Crippen molar-refractivity contribution in [3.63, 3.8) is 0 Å². The first kappa shape index (κ1) is 14.8. The largest absolute Gasteiger partial charge is 0.312 e. The molecule has 2 unspecified atom stereocenters. The normalized spacial score (nSPS) is 21.6. The van der Waals surface area contributed by atoms with Crippen LogP contribution in [-0.2, 0) is 0 Å². The van der Waals surface area contributed by atoms with Crippen LogP contribution in [0.25, 0.3) is 10.9 Å². The predicted octanol–water partition coefficient (Wildman–Crippen LogP) is 2.85. The minimum atomic E-state index is 0.369. The van der Waals surface area contributed by atoms with E-state index in [9.17, 15) is 0 Å². The molecule has 1 aliphatic rings. The molecule has 2 atom stereocenters. The smallest absolute Gasteiger partial charge is 0.0705 e. The van der Waals surface area contributed by atoms with Crippen molar-refractivity contribution in [2.75, 3.05) is 32.1 Å². The van der Waals surface area contributed by atoms with Gasteiger partial charge in [-0.05, 0) is 44.8 Å². The van der Waals surface area contributed by atoms with Crippen LogP contribution in [-0.4, -0.2) is 48.1 Å². The van der Waals surface area contributed by atoms with Gasteiger partial charge in [0.05, 0.1) is 5.52 Å². The summed E-state index contributed by atoms with van der Waals surface area (Å²) in [5, 5.41) is 4.75. The van der Waals surface area contributed by atoms with Gasteiger partial charge >= 0.3 is 0 Å². The van der Waals surface area contributed by atoms with Gasteiger partial charge in [0, 0.05) is 41.2 Å². The first-order valence-electron chi connectivity index (χ1n) is 7.51. The van der Waals surface area contributed by atoms with Crippen LogP contribution in [0.1, 0.15) is 17.3 Å². The number of nitrogens with one attached hydrogen (secondary N) is 1. The quantitative estimate of drug-likeness (QED) is 0.943. The third-order valence-electron chi connectivity index (χ3n) is 4.35. The van der Waals surface area contributed by atoms with E-state index in [1.807, 2.05) is 6.92 Å². The molecule has 3 rings (SSSR count). The zero-order valence-electron chi connectivity index (χ0n) is 13.0. The standard InChI is InChI=1S/C17H23N3S/c1-12-4-5-13-10-14(6-7-15(13)19-12)17(18-2)16-11-21-9-8-20(16)3/h4-7,10,16-18H,8-9,11H2,1-3H3. The molecule has 1 fully saturated rings. The van der Waals surface area contributed by atoms with E-state index >= 15 is 0 Å². The Kier molecular flexibility index (Phi) is 4.48. The first-order chi connectivity index (χ1) is 10.2. The molecular weight excluding hydrogens is 278 g/mol. The number of benzene rings is 1. The molecule has 1 saturated heterocycles. The van der Waals surface area contributed by atoms with Crippen LogP contribution in [0, 0.1) is 6.92 Å². The number of aryl methyl sites for hydroxylation is 1. The van der Waals surface area contributed by atoms with E-state index in [0.717, 1.165) is 11.2 Å². The fraction of sp³-hybridized carbons (Fsp3) is 0.471. The van der Waals surface area contributed by atoms with Crippen molar-refractivity contribution in [2.45, 2.75) is 19.0 Å². The third-order valence-corrected chi connectivity index (χ3v) is 5.40. The Balaban J connectivity index is 1.94. The molecule has 0 bridgehead atoms. The van der Waals surface area contributed by atoms with E-state index in [-0.39, 0.29) is 0 Å². The van der Waals surface area contributed by atoms with Gasteiger partial charge in [0.1, 0.15) is 0 Å². The van der Waals surface area contributed by atoms with E-state index in [1.165, 1.54) is 29.0 Å². The number of nitrogens with zero attached hydrogens (tertiary/aromatic N) is 2. The van der Waals surface area contributed by atoms with E-state index < -0.39 is 0 Å². The lowest BCUT2D eigenvalue weighted by Crippen LogP contribution is -2.47. The van der Waals surface area contributed by atoms with Gasteiger partial charge in [0.25, 0.3) is 0 Å². The fourth-order valence-corrected chi connectivity index (χ4v) is 4.35. The van der Waals surface area contributed by atoms with Gasteiger partial charge in [-0.3, -0.25) is 9.88 Å². The number of hydrogen-bond acceptors (Lipinski definition) is 4. The first-order valence-corrected chi connectivity index (χ1v) is 8.67. The zero-order valence-corrected chi connectivity index (χ0v) is 13.8. The van der Waals surface area contributed by atoms with E-state index in [4.69, 9.17) is 0 Å². The number of hydrogen-bond donors (Lipinski definition) is 1. The molecule has 0 spiro atoms. The Bertz CT molecular complexity index is 628. The number of likely N-dealkylation sites (N-methyl/N-ethyl adjacent to an activating group) is 2. The molecule has 0 aliphatic carbocycles. The summed E-state index contributed by atoms with van der Waals surface area (Å²) >= 11 is 2.06. The summed E-state index contributed by atoms with van der Waals surface area (Å²) in [5.41, 5.74) is 3.51. The summed E-state index contributed by atoms with van der Waals surface area (Å²) in [4.78, 5) is 7.08. The van der Waals surface area contributed by atoms with Crippen molar-refractivity contribution >= 4 is 22.7 Å². The Hall–Kier alpha value is -1.10. The summed E-state index contributed by atoms with van der Waals surface area (Å²) in [5.74, 6) is 2.43. The van der Waals surface area contributed by atoms with Crippen molar-refractivity contribution in [1.29, 1.82) is 0 Å². The van der Waals surface area contributed by atoms with Crippen LogP contribution in [0.2, 0.25) is 0 Å². The van der Waals surface area contributed by atoms with Crippen LogP contribution in [0.4, 0.5) is 0 Å². The number of rotatable bonds is 3. The van der Waals surface area contributed by atoms with Crippen molar-refractivity contribution in [3.8, 4) is 0 Å². The van der Waals surface area contributed by atoms with E-state index in [2.05, 4.69) is 71.4 Å². The second-order valence-corrected chi connectivity index (χ2v) is 6.94. The molecule has 1 aromatic heterocycles. The zero-order chi connectivity index (χ0) is 14.8. The lowest BCUT2D eigenvalue weighted by Gasteiger charge is -2.38. The molecule has 1 N–H and O–H groups in total. The molecule has 2 aromatic rings. The van der Waals surface area contributed by atoms with Gasteiger partial charge in [0.15, 0.2) is 0 Å². The summed E-state index contributed by atoms with van der Waals surface area (Å²) in [6.45, 7) is 3.21. The molecule has 112 valence electrons. The summed E-state index contributed by atoms with van der Waals surface area (Å²) in [7, 11) is 4.30. The minimum absolute atomic E-state index is 0.369. The van der Waals surface area contributed by atoms with E-state index in [0.29, 0.717) is 12.1 Å². The Labute approximate surface area is 131 Å². The lowest BCUT2D eigenvalue weighted by molar-refractivity contribution is 0.221.